The molecule has 1 aliphatic rings. The van der Waals surface area contributed by atoms with Crippen molar-refractivity contribution in [2.45, 2.75) is 26.7 Å². The lowest BCUT2D eigenvalue weighted by atomic mass is 10.1. The van der Waals surface area contributed by atoms with Gasteiger partial charge in [-0.3, -0.25) is 0 Å². The smallest absolute Gasteiger partial charge is 0.214 e. The number of nitriles is 1. The fourth-order valence-electron chi connectivity index (χ4n) is 2.28. The second kappa shape index (κ2) is 5.54. The van der Waals surface area contributed by atoms with Crippen LogP contribution in [0.2, 0.25) is 0 Å². The van der Waals surface area contributed by atoms with E-state index in [4.69, 9.17) is 5.26 Å². The van der Waals surface area contributed by atoms with Crippen LogP contribution in [0.5, 0.6) is 0 Å². The summed E-state index contributed by atoms with van der Waals surface area (Å²) in [5.74, 6) is 0.674. The molecule has 0 saturated carbocycles. The van der Waals surface area contributed by atoms with Gasteiger partial charge in [0.2, 0.25) is 12.2 Å². The van der Waals surface area contributed by atoms with Gasteiger partial charge in [0.15, 0.2) is 0 Å². The van der Waals surface area contributed by atoms with Gasteiger partial charge in [-0.15, -0.1) is 4.99 Å². The zero-order chi connectivity index (χ0) is 13.0. The van der Waals surface area contributed by atoms with Gasteiger partial charge in [0.05, 0.1) is 0 Å². The summed E-state index contributed by atoms with van der Waals surface area (Å²) in [6.07, 6.45) is 4.22. The zero-order valence-electron chi connectivity index (χ0n) is 10.9. The molecule has 1 aliphatic heterocycles. The number of anilines is 1. The number of nitrogens with one attached hydrogen (secondary N) is 1. The van der Waals surface area contributed by atoms with Gasteiger partial charge >= 0.3 is 0 Å². The Morgan fingerprint density at radius 1 is 1.28 bits per heavy atom. The lowest BCUT2D eigenvalue weighted by molar-refractivity contribution is 0.518. The number of para-hydroxylation sites is 1. The van der Waals surface area contributed by atoms with Crippen molar-refractivity contribution in [1.29, 1.82) is 5.26 Å². The quantitative estimate of drug-likeness (QED) is 0.468. The summed E-state index contributed by atoms with van der Waals surface area (Å²) in [4.78, 5) is 6.05. The number of likely N-dealkylation sites (tertiary alicyclic amines) is 1. The molecule has 0 bridgehead atoms. The summed E-state index contributed by atoms with van der Waals surface area (Å²) in [5.41, 5.74) is 3.39. The Bertz CT molecular complexity index is 473. The summed E-state index contributed by atoms with van der Waals surface area (Å²) in [5, 5.41) is 12.1. The third-order valence-electron chi connectivity index (χ3n) is 3.28. The number of nitrogens with zero attached hydrogens (tertiary/aromatic N) is 3. The molecule has 0 unspecified atom stereocenters. The second-order valence-corrected chi connectivity index (χ2v) is 4.62. The van der Waals surface area contributed by atoms with E-state index in [9.17, 15) is 0 Å². The second-order valence-electron chi connectivity index (χ2n) is 4.62. The predicted molar refractivity (Wildman–Crippen MR) is 73.4 cm³/mol. The summed E-state index contributed by atoms with van der Waals surface area (Å²) in [6.45, 7) is 6.06. The Hall–Kier alpha value is -2.02. The molecule has 0 amide bonds. The van der Waals surface area contributed by atoms with E-state index in [2.05, 4.69) is 41.2 Å². The third-order valence-corrected chi connectivity index (χ3v) is 3.28. The van der Waals surface area contributed by atoms with Gasteiger partial charge in [0.1, 0.15) is 0 Å². The van der Waals surface area contributed by atoms with E-state index in [0.29, 0.717) is 5.96 Å². The van der Waals surface area contributed by atoms with E-state index in [1.165, 1.54) is 24.0 Å². The van der Waals surface area contributed by atoms with Crippen LogP contribution >= 0.6 is 0 Å². The standard InChI is InChI=1S/C14H18N4/c1-11-6-5-7-12(2)13(11)17-14(16-10-15)18-8-3-4-9-18/h5-7H,3-4,8-9H2,1-2H3,(H,16,17). The van der Waals surface area contributed by atoms with Gasteiger partial charge in [-0.2, -0.15) is 5.26 Å². The minimum Gasteiger partial charge on any atom is -0.342 e. The lowest BCUT2D eigenvalue weighted by Gasteiger charge is -2.21. The number of aryl methyl sites for hydroxylation is 2. The van der Waals surface area contributed by atoms with Crippen molar-refractivity contribution in [1.82, 2.24) is 4.90 Å². The Labute approximate surface area is 108 Å². The molecule has 94 valence electrons. The molecule has 1 saturated heterocycles. The highest BCUT2D eigenvalue weighted by Gasteiger charge is 2.17. The van der Waals surface area contributed by atoms with Crippen molar-refractivity contribution in [2.75, 3.05) is 18.4 Å². The van der Waals surface area contributed by atoms with Gasteiger partial charge in [-0.25, -0.2) is 0 Å². The average Bonchev–Trinajstić information content (AvgIpc) is 2.86. The minimum absolute atomic E-state index is 0.674. The summed E-state index contributed by atoms with van der Waals surface area (Å²) in [6, 6.07) is 6.15. The van der Waals surface area contributed by atoms with E-state index in [0.717, 1.165) is 18.8 Å². The molecule has 2 rings (SSSR count). The average molecular weight is 242 g/mol. The molecule has 1 heterocycles. The SMILES string of the molecule is Cc1cccc(C)c1N/C(=N/C#N)N1CCCC1. The van der Waals surface area contributed by atoms with E-state index < -0.39 is 0 Å². The summed E-state index contributed by atoms with van der Waals surface area (Å²) in [7, 11) is 0. The van der Waals surface area contributed by atoms with Gasteiger partial charge < -0.3 is 10.2 Å². The molecule has 0 radical (unpaired) electrons. The number of hydrogen-bond acceptors (Lipinski definition) is 2. The highest BCUT2D eigenvalue weighted by atomic mass is 15.3. The molecule has 18 heavy (non-hydrogen) atoms. The summed E-state index contributed by atoms with van der Waals surface area (Å²) < 4.78 is 0. The van der Waals surface area contributed by atoms with Crippen LogP contribution in [0, 0.1) is 25.3 Å². The van der Waals surface area contributed by atoms with Crippen LogP contribution in [0.3, 0.4) is 0 Å². The highest BCUT2D eigenvalue weighted by Crippen LogP contribution is 2.20. The van der Waals surface area contributed by atoms with E-state index >= 15 is 0 Å². The normalized spacial score (nSPS) is 15.6. The molecular formula is C14H18N4. The highest BCUT2D eigenvalue weighted by molar-refractivity contribution is 5.95. The van der Waals surface area contributed by atoms with Crippen LogP contribution in [0.15, 0.2) is 23.2 Å². The number of benzene rings is 1. The van der Waals surface area contributed by atoms with Crippen molar-refractivity contribution in [3.63, 3.8) is 0 Å². The van der Waals surface area contributed by atoms with Crippen molar-refractivity contribution < 1.29 is 0 Å². The van der Waals surface area contributed by atoms with Crippen LogP contribution in [0.4, 0.5) is 5.69 Å². The van der Waals surface area contributed by atoms with Crippen LogP contribution in [0.25, 0.3) is 0 Å². The Balaban J connectivity index is 2.24. The maximum absolute atomic E-state index is 8.81. The maximum atomic E-state index is 8.81. The molecule has 4 heteroatoms. The topological polar surface area (TPSA) is 51.4 Å². The zero-order valence-corrected chi connectivity index (χ0v) is 10.9. The number of hydrogen-bond donors (Lipinski definition) is 1. The maximum Gasteiger partial charge on any atom is 0.214 e. The van der Waals surface area contributed by atoms with Gasteiger partial charge in [-0.05, 0) is 37.8 Å². The fraction of sp³-hybridized carbons (Fsp3) is 0.429. The molecule has 1 fully saturated rings. The molecule has 0 aliphatic carbocycles. The van der Waals surface area contributed by atoms with Crippen molar-refractivity contribution >= 4 is 11.6 Å². The molecule has 0 aromatic heterocycles. The number of rotatable bonds is 1. The van der Waals surface area contributed by atoms with E-state index in [1.807, 2.05) is 12.3 Å². The molecule has 0 atom stereocenters. The Morgan fingerprint density at radius 3 is 2.44 bits per heavy atom. The van der Waals surface area contributed by atoms with E-state index in [1.54, 1.807) is 0 Å². The van der Waals surface area contributed by atoms with Crippen LogP contribution in [0.1, 0.15) is 24.0 Å². The molecule has 1 aromatic carbocycles. The monoisotopic (exact) mass is 242 g/mol. The lowest BCUT2D eigenvalue weighted by Crippen LogP contribution is -2.34. The molecule has 1 N–H and O–H groups in total. The fourth-order valence-corrected chi connectivity index (χ4v) is 2.28. The van der Waals surface area contributed by atoms with Crippen molar-refractivity contribution in [3.8, 4) is 6.19 Å². The van der Waals surface area contributed by atoms with Crippen molar-refractivity contribution in [3.05, 3.63) is 29.3 Å². The third kappa shape index (κ3) is 2.62. The number of aliphatic imine (C=N–C) groups is 1. The van der Waals surface area contributed by atoms with Crippen LogP contribution in [-0.2, 0) is 0 Å². The largest absolute Gasteiger partial charge is 0.342 e. The minimum atomic E-state index is 0.674. The van der Waals surface area contributed by atoms with Gasteiger partial charge in [0.25, 0.3) is 0 Å². The van der Waals surface area contributed by atoms with E-state index in [-0.39, 0.29) is 0 Å². The first-order valence-electron chi connectivity index (χ1n) is 6.27. The predicted octanol–water partition coefficient (Wildman–Crippen LogP) is 2.65. The molecule has 4 nitrogen and oxygen atoms in total. The van der Waals surface area contributed by atoms with Gasteiger partial charge in [-0.1, -0.05) is 18.2 Å². The van der Waals surface area contributed by atoms with Crippen LogP contribution < -0.4 is 5.32 Å². The van der Waals surface area contributed by atoms with Crippen LogP contribution in [-0.4, -0.2) is 23.9 Å². The molecule has 1 aromatic rings. The molecular weight excluding hydrogens is 224 g/mol. The Morgan fingerprint density at radius 2 is 1.89 bits per heavy atom. The summed E-state index contributed by atoms with van der Waals surface area (Å²) >= 11 is 0. The number of guanidine groups is 1. The first-order chi connectivity index (χ1) is 8.72. The first kappa shape index (κ1) is 12.4. The Kier molecular flexibility index (Phi) is 3.83. The molecule has 0 spiro atoms. The van der Waals surface area contributed by atoms with Gasteiger partial charge in [0, 0.05) is 18.8 Å². The first-order valence-corrected chi connectivity index (χ1v) is 6.27. The van der Waals surface area contributed by atoms with Crippen molar-refractivity contribution in [2.24, 2.45) is 4.99 Å².